The zero-order valence-electron chi connectivity index (χ0n) is 12.2. The van der Waals surface area contributed by atoms with Crippen LogP contribution in [-0.2, 0) is 4.74 Å². The van der Waals surface area contributed by atoms with Gasteiger partial charge in [0.2, 0.25) is 0 Å². The first-order chi connectivity index (χ1) is 11.3. The fourth-order valence-electron chi connectivity index (χ4n) is 2.12. The molecule has 2 aromatic rings. The van der Waals surface area contributed by atoms with Gasteiger partial charge in [0.15, 0.2) is 0 Å². The van der Waals surface area contributed by atoms with Gasteiger partial charge in [-0.25, -0.2) is 9.59 Å². The van der Waals surface area contributed by atoms with Gasteiger partial charge < -0.3 is 14.2 Å². The molecular weight excluding hydrogens is 296 g/mol. The van der Waals surface area contributed by atoms with Gasteiger partial charge >= 0.3 is 11.9 Å². The van der Waals surface area contributed by atoms with E-state index in [4.69, 9.17) is 14.2 Å². The highest BCUT2D eigenvalue weighted by Crippen LogP contribution is 2.24. The average molecular weight is 310 g/mol. The second-order valence-corrected chi connectivity index (χ2v) is 4.76. The molecule has 23 heavy (non-hydrogen) atoms. The van der Waals surface area contributed by atoms with E-state index in [0.717, 1.165) is 0 Å². The highest BCUT2D eigenvalue weighted by atomic mass is 16.6. The predicted octanol–water partition coefficient (Wildman–Crippen LogP) is 3.01. The highest BCUT2D eigenvalue weighted by Gasteiger charge is 2.19. The lowest BCUT2D eigenvalue weighted by Gasteiger charge is -2.11. The number of fused-ring (bicyclic) bond motifs is 2. The van der Waals surface area contributed by atoms with E-state index in [1.165, 1.54) is 0 Å². The molecule has 0 spiro atoms. The summed E-state index contributed by atoms with van der Waals surface area (Å²) in [4.78, 5) is 24.5. The molecular formula is C18H14O5. The van der Waals surface area contributed by atoms with Crippen LogP contribution in [0, 0.1) is 0 Å². The zero-order chi connectivity index (χ0) is 16.1. The van der Waals surface area contributed by atoms with Crippen molar-refractivity contribution < 1.29 is 23.8 Å². The smallest absolute Gasteiger partial charge is 0.347 e. The van der Waals surface area contributed by atoms with Crippen molar-refractivity contribution in [1.82, 2.24) is 0 Å². The molecule has 0 atom stereocenters. The lowest BCUT2D eigenvalue weighted by molar-refractivity contribution is 0.0543. The molecule has 0 unspecified atom stereocenters. The fourth-order valence-corrected chi connectivity index (χ4v) is 2.12. The third kappa shape index (κ3) is 3.40. The van der Waals surface area contributed by atoms with Crippen molar-refractivity contribution in [3.8, 4) is 11.5 Å². The number of esters is 2. The Balaban J connectivity index is 2.01. The Bertz CT molecular complexity index is 764. The molecule has 0 fully saturated rings. The van der Waals surface area contributed by atoms with Crippen LogP contribution in [0.3, 0.4) is 0 Å². The number of benzene rings is 2. The van der Waals surface area contributed by atoms with Gasteiger partial charge in [-0.3, -0.25) is 0 Å². The number of carbonyl (C=O) groups excluding carboxylic acids is 2. The molecule has 5 nitrogen and oxygen atoms in total. The maximum absolute atomic E-state index is 12.4. The van der Waals surface area contributed by atoms with E-state index in [9.17, 15) is 9.59 Å². The van der Waals surface area contributed by atoms with Crippen LogP contribution in [0.25, 0.3) is 0 Å². The van der Waals surface area contributed by atoms with E-state index >= 15 is 0 Å². The highest BCUT2D eigenvalue weighted by molar-refractivity contribution is 5.97. The van der Waals surface area contributed by atoms with Crippen LogP contribution in [0.4, 0.5) is 0 Å². The van der Waals surface area contributed by atoms with Crippen molar-refractivity contribution in [3.05, 3.63) is 71.8 Å². The molecule has 0 bridgehead atoms. The van der Waals surface area contributed by atoms with E-state index in [2.05, 4.69) is 0 Å². The largest absolute Gasteiger partial charge is 0.489 e. The molecule has 0 saturated heterocycles. The summed E-state index contributed by atoms with van der Waals surface area (Å²) < 4.78 is 16.0. The molecule has 3 rings (SSSR count). The van der Waals surface area contributed by atoms with Gasteiger partial charge in [-0.05, 0) is 36.4 Å². The molecule has 5 heteroatoms. The molecule has 2 aromatic carbocycles. The standard InChI is InChI=1S/C18H14O5/c19-17-14-8-2-4-10-16(14)23-18(20)13-7-1-3-9-15(13)21-11-5-6-12-22-17/h1-10H,11-12H2/b6-5-. The van der Waals surface area contributed by atoms with Gasteiger partial charge in [0.05, 0.1) is 0 Å². The minimum atomic E-state index is -0.593. The van der Waals surface area contributed by atoms with Crippen LogP contribution in [0.15, 0.2) is 60.7 Å². The van der Waals surface area contributed by atoms with E-state index in [1.807, 2.05) is 0 Å². The van der Waals surface area contributed by atoms with Crippen LogP contribution < -0.4 is 9.47 Å². The van der Waals surface area contributed by atoms with E-state index in [-0.39, 0.29) is 24.5 Å². The summed E-state index contributed by atoms with van der Waals surface area (Å²) in [5.74, 6) is -0.567. The van der Waals surface area contributed by atoms with Crippen LogP contribution in [-0.4, -0.2) is 25.2 Å². The van der Waals surface area contributed by atoms with Crippen LogP contribution in [0.1, 0.15) is 20.7 Å². The van der Waals surface area contributed by atoms with Gasteiger partial charge in [0, 0.05) is 0 Å². The first-order valence-electron chi connectivity index (χ1n) is 7.11. The summed E-state index contributed by atoms with van der Waals surface area (Å²) in [6.07, 6.45) is 3.41. The maximum Gasteiger partial charge on any atom is 0.347 e. The Labute approximate surface area is 133 Å². The van der Waals surface area contributed by atoms with Gasteiger partial charge in [-0.2, -0.15) is 0 Å². The second kappa shape index (κ2) is 6.79. The Hall–Kier alpha value is -3.08. The first-order valence-corrected chi connectivity index (χ1v) is 7.11. The van der Waals surface area contributed by atoms with Gasteiger partial charge in [0.1, 0.15) is 35.8 Å². The third-order valence-corrected chi connectivity index (χ3v) is 3.23. The van der Waals surface area contributed by atoms with Gasteiger partial charge in [-0.15, -0.1) is 0 Å². The molecule has 116 valence electrons. The average Bonchev–Trinajstić information content (AvgIpc) is 2.58. The third-order valence-electron chi connectivity index (χ3n) is 3.23. The molecule has 0 amide bonds. The number of ether oxygens (including phenoxy) is 3. The van der Waals surface area contributed by atoms with E-state index < -0.39 is 11.9 Å². The summed E-state index contributed by atoms with van der Waals surface area (Å²) in [6, 6.07) is 13.3. The number of hydrogen-bond donors (Lipinski definition) is 0. The lowest BCUT2D eigenvalue weighted by Crippen LogP contribution is -2.13. The van der Waals surface area contributed by atoms with Crippen LogP contribution >= 0.6 is 0 Å². The summed E-state index contributed by atoms with van der Waals surface area (Å²) in [5, 5.41) is 0. The second-order valence-electron chi connectivity index (χ2n) is 4.76. The number of rotatable bonds is 0. The lowest BCUT2D eigenvalue weighted by atomic mass is 10.2. The van der Waals surface area contributed by atoms with Crippen molar-refractivity contribution in [3.63, 3.8) is 0 Å². The van der Waals surface area contributed by atoms with Crippen LogP contribution in [0.2, 0.25) is 0 Å². The molecule has 1 aliphatic rings. The predicted molar refractivity (Wildman–Crippen MR) is 82.8 cm³/mol. The zero-order valence-corrected chi connectivity index (χ0v) is 12.2. The van der Waals surface area contributed by atoms with E-state index in [1.54, 1.807) is 60.7 Å². The van der Waals surface area contributed by atoms with Crippen molar-refractivity contribution in [2.24, 2.45) is 0 Å². The minimum Gasteiger partial charge on any atom is -0.489 e. The monoisotopic (exact) mass is 310 g/mol. The van der Waals surface area contributed by atoms with Crippen molar-refractivity contribution in [2.75, 3.05) is 13.2 Å². The Morgan fingerprint density at radius 3 is 1.96 bits per heavy atom. The molecule has 1 heterocycles. The topological polar surface area (TPSA) is 61.8 Å². The first kappa shape index (κ1) is 14.8. The molecule has 0 radical (unpaired) electrons. The van der Waals surface area contributed by atoms with Gasteiger partial charge in [0.25, 0.3) is 0 Å². The van der Waals surface area contributed by atoms with E-state index in [0.29, 0.717) is 11.3 Å². The molecule has 0 aliphatic carbocycles. The summed E-state index contributed by atoms with van der Waals surface area (Å²) in [5.41, 5.74) is 0.496. The Morgan fingerprint density at radius 1 is 0.652 bits per heavy atom. The Kier molecular flexibility index (Phi) is 4.38. The normalized spacial score (nSPS) is 16.2. The summed E-state index contributed by atoms with van der Waals surface area (Å²) >= 11 is 0. The minimum absolute atomic E-state index is 0.117. The quantitative estimate of drug-likeness (QED) is 0.425. The number of hydrogen-bond acceptors (Lipinski definition) is 5. The number of cyclic esters (lactones) is 1. The van der Waals surface area contributed by atoms with Crippen LogP contribution in [0.5, 0.6) is 11.5 Å². The number of para-hydroxylation sites is 2. The van der Waals surface area contributed by atoms with Crippen molar-refractivity contribution >= 4 is 11.9 Å². The number of carbonyl (C=O) groups is 2. The summed E-state index contributed by atoms with van der Waals surface area (Å²) in [6.45, 7) is 0.376. The SMILES string of the molecule is O=C1Oc2ccccc2C(=O)OC/C=C\COc2ccccc21. The molecule has 0 saturated carbocycles. The molecule has 0 aromatic heterocycles. The molecule has 1 aliphatic heterocycles. The van der Waals surface area contributed by atoms with Crippen molar-refractivity contribution in [2.45, 2.75) is 0 Å². The maximum atomic E-state index is 12.4. The fraction of sp³-hybridized carbons (Fsp3) is 0.111. The van der Waals surface area contributed by atoms with Gasteiger partial charge in [-0.1, -0.05) is 24.3 Å². The Morgan fingerprint density at radius 2 is 1.22 bits per heavy atom. The summed E-state index contributed by atoms with van der Waals surface area (Å²) in [7, 11) is 0. The molecule has 0 N–H and O–H groups in total. The van der Waals surface area contributed by atoms with Crippen molar-refractivity contribution in [1.29, 1.82) is 0 Å².